The number of para-hydroxylation sites is 1. The van der Waals surface area contributed by atoms with Gasteiger partial charge in [0.1, 0.15) is 11.3 Å². The predicted molar refractivity (Wildman–Crippen MR) is 84.3 cm³/mol. The summed E-state index contributed by atoms with van der Waals surface area (Å²) in [5, 5.41) is 9.18. The summed E-state index contributed by atoms with van der Waals surface area (Å²) in [6, 6.07) is 12.5. The molecule has 1 aromatic carbocycles. The number of likely N-dealkylation sites (N-methyl/N-ethyl adjacent to an activating group) is 1. The highest BCUT2D eigenvalue weighted by atomic mass is 16.3. The minimum absolute atomic E-state index is 0.125. The van der Waals surface area contributed by atoms with Gasteiger partial charge < -0.3 is 9.73 Å². The fraction of sp³-hybridized carbons (Fsp3) is 0.353. The number of benzene rings is 1. The third-order valence-electron chi connectivity index (χ3n) is 3.70. The molecule has 0 bridgehead atoms. The minimum atomic E-state index is 0.125. The summed E-state index contributed by atoms with van der Waals surface area (Å²) < 4.78 is 8.04. The second-order valence-corrected chi connectivity index (χ2v) is 5.41. The van der Waals surface area contributed by atoms with Gasteiger partial charge in [0.05, 0.1) is 18.3 Å². The maximum Gasteiger partial charge on any atom is 0.134 e. The molecule has 3 rings (SSSR count). The Balaban J connectivity index is 1.91. The van der Waals surface area contributed by atoms with Gasteiger partial charge in [-0.3, -0.25) is 4.68 Å². The Morgan fingerprint density at radius 2 is 2.05 bits per heavy atom. The van der Waals surface area contributed by atoms with Crippen LogP contribution in [-0.2, 0) is 6.54 Å². The third kappa shape index (κ3) is 2.85. The number of aromatic nitrogens is 2. The van der Waals surface area contributed by atoms with Crippen LogP contribution < -0.4 is 5.32 Å². The van der Waals surface area contributed by atoms with E-state index in [2.05, 4.69) is 42.5 Å². The van der Waals surface area contributed by atoms with Gasteiger partial charge in [-0.2, -0.15) is 5.10 Å². The summed E-state index contributed by atoms with van der Waals surface area (Å²) in [5.41, 5.74) is 3.16. The summed E-state index contributed by atoms with van der Waals surface area (Å²) >= 11 is 0. The van der Waals surface area contributed by atoms with E-state index in [0.717, 1.165) is 35.5 Å². The van der Waals surface area contributed by atoms with Crippen molar-refractivity contribution in [3.8, 4) is 0 Å². The standard InChI is InChI=1S/C17H21N3O/c1-4-18-15(11-20-13(3)9-12(2)19-20)17-10-14-7-5-6-8-16(14)21-17/h5-10,15,18H,4,11H2,1-3H3. The van der Waals surface area contributed by atoms with E-state index >= 15 is 0 Å². The van der Waals surface area contributed by atoms with E-state index in [4.69, 9.17) is 4.42 Å². The van der Waals surface area contributed by atoms with Crippen LogP contribution in [-0.4, -0.2) is 16.3 Å². The summed E-state index contributed by atoms with van der Waals surface area (Å²) in [4.78, 5) is 0. The minimum Gasteiger partial charge on any atom is -0.459 e. The Morgan fingerprint density at radius 1 is 1.24 bits per heavy atom. The van der Waals surface area contributed by atoms with Crippen LogP contribution in [0.1, 0.15) is 30.1 Å². The third-order valence-corrected chi connectivity index (χ3v) is 3.70. The molecule has 4 heteroatoms. The fourth-order valence-corrected chi connectivity index (χ4v) is 2.71. The maximum atomic E-state index is 6.00. The SMILES string of the molecule is CCNC(Cn1nc(C)cc1C)c1cc2ccccc2o1. The zero-order chi connectivity index (χ0) is 14.8. The first kappa shape index (κ1) is 13.9. The number of nitrogens with zero attached hydrogens (tertiary/aromatic N) is 2. The van der Waals surface area contributed by atoms with Gasteiger partial charge in [-0.05, 0) is 38.6 Å². The first-order valence-electron chi connectivity index (χ1n) is 7.40. The van der Waals surface area contributed by atoms with Crippen molar-refractivity contribution in [1.29, 1.82) is 0 Å². The van der Waals surface area contributed by atoms with E-state index in [-0.39, 0.29) is 6.04 Å². The van der Waals surface area contributed by atoms with Crippen LogP contribution >= 0.6 is 0 Å². The van der Waals surface area contributed by atoms with Gasteiger partial charge in [-0.1, -0.05) is 25.1 Å². The zero-order valence-corrected chi connectivity index (χ0v) is 12.8. The second kappa shape index (κ2) is 5.74. The van der Waals surface area contributed by atoms with Gasteiger partial charge >= 0.3 is 0 Å². The molecule has 0 aliphatic heterocycles. The molecule has 1 unspecified atom stereocenters. The van der Waals surface area contributed by atoms with E-state index in [9.17, 15) is 0 Å². The van der Waals surface area contributed by atoms with Crippen molar-refractivity contribution in [2.24, 2.45) is 0 Å². The van der Waals surface area contributed by atoms with Crippen LogP contribution in [0.15, 0.2) is 40.8 Å². The highest BCUT2D eigenvalue weighted by Crippen LogP contribution is 2.25. The molecule has 1 atom stereocenters. The van der Waals surface area contributed by atoms with Gasteiger partial charge in [0.15, 0.2) is 0 Å². The molecule has 1 N–H and O–H groups in total. The Labute approximate surface area is 124 Å². The van der Waals surface area contributed by atoms with Crippen LogP contribution in [0.5, 0.6) is 0 Å². The molecule has 0 saturated carbocycles. The first-order valence-corrected chi connectivity index (χ1v) is 7.40. The van der Waals surface area contributed by atoms with Crippen molar-refractivity contribution in [2.75, 3.05) is 6.54 Å². The molecule has 0 spiro atoms. The van der Waals surface area contributed by atoms with Crippen LogP contribution in [0.25, 0.3) is 11.0 Å². The number of fused-ring (bicyclic) bond motifs is 1. The lowest BCUT2D eigenvalue weighted by atomic mass is 10.2. The zero-order valence-electron chi connectivity index (χ0n) is 12.8. The number of hydrogen-bond donors (Lipinski definition) is 1. The van der Waals surface area contributed by atoms with E-state index in [1.165, 1.54) is 5.69 Å². The monoisotopic (exact) mass is 283 g/mol. The topological polar surface area (TPSA) is 43.0 Å². The molecule has 2 heterocycles. The molecular formula is C17H21N3O. The van der Waals surface area contributed by atoms with Gasteiger partial charge in [0.25, 0.3) is 0 Å². The number of hydrogen-bond acceptors (Lipinski definition) is 3. The maximum absolute atomic E-state index is 6.00. The normalized spacial score (nSPS) is 12.9. The molecule has 21 heavy (non-hydrogen) atoms. The molecule has 0 amide bonds. The molecule has 0 saturated heterocycles. The largest absolute Gasteiger partial charge is 0.459 e. The average molecular weight is 283 g/mol. The van der Waals surface area contributed by atoms with E-state index in [0.29, 0.717) is 0 Å². The predicted octanol–water partition coefficient (Wildman–Crippen LogP) is 3.60. The van der Waals surface area contributed by atoms with Crippen molar-refractivity contribution in [3.05, 3.63) is 53.5 Å². The molecule has 0 aliphatic carbocycles. The summed E-state index contributed by atoms with van der Waals surface area (Å²) in [5.74, 6) is 0.964. The van der Waals surface area contributed by atoms with Crippen molar-refractivity contribution < 1.29 is 4.42 Å². The van der Waals surface area contributed by atoms with Crippen molar-refractivity contribution in [2.45, 2.75) is 33.4 Å². The van der Waals surface area contributed by atoms with Crippen molar-refractivity contribution in [3.63, 3.8) is 0 Å². The molecule has 4 nitrogen and oxygen atoms in total. The summed E-state index contributed by atoms with van der Waals surface area (Å²) in [6.45, 7) is 7.87. The van der Waals surface area contributed by atoms with Crippen molar-refractivity contribution >= 4 is 11.0 Å². The van der Waals surface area contributed by atoms with E-state index in [1.807, 2.05) is 29.8 Å². The first-order chi connectivity index (χ1) is 10.2. The Kier molecular flexibility index (Phi) is 3.80. The van der Waals surface area contributed by atoms with Crippen LogP contribution in [0.4, 0.5) is 0 Å². The smallest absolute Gasteiger partial charge is 0.134 e. The molecular weight excluding hydrogens is 262 g/mol. The summed E-state index contributed by atoms with van der Waals surface area (Å²) in [6.07, 6.45) is 0. The average Bonchev–Trinajstić information content (AvgIpc) is 3.01. The van der Waals surface area contributed by atoms with Gasteiger partial charge in [-0.15, -0.1) is 0 Å². The molecule has 110 valence electrons. The number of nitrogens with one attached hydrogen (secondary N) is 1. The fourth-order valence-electron chi connectivity index (χ4n) is 2.71. The number of furan rings is 1. The highest BCUT2D eigenvalue weighted by Gasteiger charge is 2.17. The molecule has 2 aromatic heterocycles. The van der Waals surface area contributed by atoms with Gasteiger partial charge in [-0.25, -0.2) is 0 Å². The quantitative estimate of drug-likeness (QED) is 0.778. The van der Waals surface area contributed by atoms with Crippen LogP contribution in [0.3, 0.4) is 0 Å². The number of rotatable bonds is 5. The van der Waals surface area contributed by atoms with Gasteiger partial charge in [0, 0.05) is 11.1 Å². The molecule has 0 fully saturated rings. The van der Waals surface area contributed by atoms with Crippen LogP contribution in [0.2, 0.25) is 0 Å². The Bertz CT molecular complexity index is 708. The Morgan fingerprint density at radius 3 is 2.71 bits per heavy atom. The Hall–Kier alpha value is -2.07. The van der Waals surface area contributed by atoms with Gasteiger partial charge in [0.2, 0.25) is 0 Å². The lowest BCUT2D eigenvalue weighted by Crippen LogP contribution is -2.25. The molecule has 3 aromatic rings. The number of aryl methyl sites for hydroxylation is 2. The lowest BCUT2D eigenvalue weighted by molar-refractivity contribution is 0.378. The lowest BCUT2D eigenvalue weighted by Gasteiger charge is -2.16. The second-order valence-electron chi connectivity index (χ2n) is 5.41. The highest BCUT2D eigenvalue weighted by molar-refractivity contribution is 5.77. The van der Waals surface area contributed by atoms with E-state index < -0.39 is 0 Å². The molecule has 0 aliphatic rings. The van der Waals surface area contributed by atoms with E-state index in [1.54, 1.807) is 0 Å². The molecule has 0 radical (unpaired) electrons. The van der Waals surface area contributed by atoms with Crippen LogP contribution in [0, 0.1) is 13.8 Å². The summed E-state index contributed by atoms with van der Waals surface area (Å²) in [7, 11) is 0. The van der Waals surface area contributed by atoms with Crippen molar-refractivity contribution in [1.82, 2.24) is 15.1 Å².